The van der Waals surface area contributed by atoms with E-state index in [0.717, 1.165) is 18.9 Å². The molecule has 2 aliphatic rings. The number of esters is 1. The zero-order valence-corrected chi connectivity index (χ0v) is 21.4. The van der Waals surface area contributed by atoms with E-state index in [1.807, 2.05) is 13.8 Å². The molecular formula is C27H34FNO5S. The first-order valence-corrected chi connectivity index (χ1v) is 13.6. The summed E-state index contributed by atoms with van der Waals surface area (Å²) in [5.74, 6) is -1.82. The van der Waals surface area contributed by atoms with Crippen LogP contribution >= 0.6 is 0 Å². The summed E-state index contributed by atoms with van der Waals surface area (Å²) in [4.78, 5) is 12.7. The van der Waals surface area contributed by atoms with Crippen LogP contribution in [0, 0.1) is 5.82 Å². The van der Waals surface area contributed by atoms with Crippen LogP contribution in [0.2, 0.25) is 0 Å². The highest BCUT2D eigenvalue weighted by molar-refractivity contribution is 7.89. The first kappa shape index (κ1) is 26.9. The standard InChI is InChI=1S/C24H28FNO5S.C3H6/c1-4-13-24(14-5-2)15-19(27)21(23(28)31-24)17-11-12-18(25)20(16-9-7-6-8-10-16)22(17)32(29,30)26-3;1-2-3-1/h6-12,26-27H,4-5,13-15H2,1-3H3;1-3H2. The maximum Gasteiger partial charge on any atom is 0.342 e. The monoisotopic (exact) mass is 503 g/mol. The predicted molar refractivity (Wildman–Crippen MR) is 135 cm³/mol. The number of cyclic esters (lactones) is 1. The Morgan fingerprint density at radius 1 is 1.03 bits per heavy atom. The molecule has 0 amide bonds. The summed E-state index contributed by atoms with van der Waals surface area (Å²) in [5.41, 5.74) is -1.03. The molecule has 0 saturated heterocycles. The molecule has 4 rings (SSSR count). The van der Waals surface area contributed by atoms with Gasteiger partial charge in [0, 0.05) is 17.5 Å². The average molecular weight is 504 g/mol. The zero-order valence-electron chi connectivity index (χ0n) is 20.6. The maximum atomic E-state index is 15.0. The largest absolute Gasteiger partial charge is 0.511 e. The van der Waals surface area contributed by atoms with Gasteiger partial charge in [0.05, 0.1) is 0 Å². The first-order valence-electron chi connectivity index (χ1n) is 12.2. The molecule has 0 radical (unpaired) electrons. The smallest absolute Gasteiger partial charge is 0.342 e. The second-order valence-corrected chi connectivity index (χ2v) is 10.8. The Morgan fingerprint density at radius 3 is 2.11 bits per heavy atom. The van der Waals surface area contributed by atoms with Gasteiger partial charge in [-0.3, -0.25) is 0 Å². The van der Waals surface area contributed by atoms with E-state index >= 15 is 0 Å². The normalized spacial score (nSPS) is 16.9. The quantitative estimate of drug-likeness (QED) is 0.423. The van der Waals surface area contributed by atoms with Crippen LogP contribution in [-0.4, -0.2) is 32.1 Å². The van der Waals surface area contributed by atoms with Gasteiger partial charge < -0.3 is 9.84 Å². The number of hydrogen-bond donors (Lipinski definition) is 2. The van der Waals surface area contributed by atoms with Gasteiger partial charge in [0.15, 0.2) is 0 Å². The van der Waals surface area contributed by atoms with Crippen LogP contribution in [0.3, 0.4) is 0 Å². The predicted octanol–water partition coefficient (Wildman–Crippen LogP) is 6.13. The zero-order chi connectivity index (χ0) is 25.6. The molecule has 1 heterocycles. The minimum absolute atomic E-state index is 0.0762. The minimum Gasteiger partial charge on any atom is -0.511 e. The second kappa shape index (κ2) is 11.4. The fraction of sp³-hybridized carbons (Fsp3) is 0.444. The van der Waals surface area contributed by atoms with Crippen LogP contribution in [0.15, 0.2) is 53.1 Å². The molecule has 0 bridgehead atoms. The first-order chi connectivity index (χ1) is 16.7. The van der Waals surface area contributed by atoms with Gasteiger partial charge in [0.25, 0.3) is 0 Å². The summed E-state index contributed by atoms with van der Waals surface area (Å²) >= 11 is 0. The summed E-state index contributed by atoms with van der Waals surface area (Å²) in [6.07, 6.45) is 7.23. The Hall–Kier alpha value is -2.71. The molecule has 0 spiro atoms. The van der Waals surface area contributed by atoms with Crippen LogP contribution in [0.25, 0.3) is 16.7 Å². The SMILES string of the molecule is C1CC1.CCCC1(CCC)CC(O)=C(c2ccc(F)c(-c3ccccc3)c2S(=O)(=O)NC)C(=O)O1. The Morgan fingerprint density at radius 2 is 1.63 bits per heavy atom. The molecule has 6 nitrogen and oxygen atoms in total. The van der Waals surface area contributed by atoms with Crippen molar-refractivity contribution in [3.8, 4) is 11.1 Å². The van der Waals surface area contributed by atoms with Gasteiger partial charge in [-0.1, -0.05) is 76.3 Å². The third-order valence-electron chi connectivity index (χ3n) is 6.03. The van der Waals surface area contributed by atoms with E-state index in [1.54, 1.807) is 30.3 Å². The van der Waals surface area contributed by atoms with Gasteiger partial charge >= 0.3 is 5.97 Å². The minimum atomic E-state index is -4.22. The van der Waals surface area contributed by atoms with Crippen molar-refractivity contribution in [1.82, 2.24) is 4.72 Å². The van der Waals surface area contributed by atoms with Crippen molar-refractivity contribution in [2.75, 3.05) is 7.05 Å². The number of carbonyl (C=O) groups excluding carboxylic acids is 1. The lowest BCUT2D eigenvalue weighted by atomic mass is 9.84. The number of sulfonamides is 1. The van der Waals surface area contributed by atoms with Crippen molar-refractivity contribution in [2.24, 2.45) is 0 Å². The lowest BCUT2D eigenvalue weighted by Gasteiger charge is -2.37. The highest BCUT2D eigenvalue weighted by Gasteiger charge is 2.42. The third kappa shape index (κ3) is 6.11. The molecule has 2 N–H and O–H groups in total. The number of halogens is 1. The van der Waals surface area contributed by atoms with Crippen molar-refractivity contribution in [2.45, 2.75) is 75.7 Å². The van der Waals surface area contributed by atoms with Crippen molar-refractivity contribution < 1.29 is 27.4 Å². The molecule has 1 aliphatic heterocycles. The van der Waals surface area contributed by atoms with Gasteiger partial charge in [-0.25, -0.2) is 22.3 Å². The van der Waals surface area contributed by atoms with Gasteiger partial charge in [-0.2, -0.15) is 0 Å². The van der Waals surface area contributed by atoms with Crippen LogP contribution in [0.4, 0.5) is 4.39 Å². The number of rotatable bonds is 8. The molecule has 0 atom stereocenters. The molecular weight excluding hydrogens is 469 g/mol. The van der Waals surface area contributed by atoms with E-state index in [-0.39, 0.29) is 28.9 Å². The molecule has 1 aliphatic carbocycles. The molecule has 8 heteroatoms. The van der Waals surface area contributed by atoms with Gasteiger partial charge in [0.1, 0.15) is 27.6 Å². The summed E-state index contributed by atoms with van der Waals surface area (Å²) < 4.78 is 49.0. The van der Waals surface area contributed by atoms with Crippen molar-refractivity contribution in [3.63, 3.8) is 0 Å². The Kier molecular flexibility index (Phi) is 8.72. The average Bonchev–Trinajstić information content (AvgIpc) is 3.70. The van der Waals surface area contributed by atoms with Crippen LogP contribution in [0.1, 0.15) is 70.8 Å². The number of carbonyl (C=O) groups is 1. The maximum absolute atomic E-state index is 15.0. The van der Waals surface area contributed by atoms with Crippen LogP contribution in [0.5, 0.6) is 0 Å². The summed E-state index contributed by atoms with van der Waals surface area (Å²) in [5, 5.41) is 10.9. The van der Waals surface area contributed by atoms with E-state index in [9.17, 15) is 22.7 Å². The molecule has 0 unspecified atom stereocenters. The van der Waals surface area contributed by atoms with Crippen molar-refractivity contribution in [3.05, 3.63) is 59.6 Å². The molecule has 1 fully saturated rings. The summed E-state index contributed by atoms with van der Waals surface area (Å²) in [6, 6.07) is 10.5. The van der Waals surface area contributed by atoms with Crippen molar-refractivity contribution >= 4 is 21.6 Å². The van der Waals surface area contributed by atoms with E-state index < -0.39 is 32.3 Å². The fourth-order valence-electron chi connectivity index (χ4n) is 4.39. The molecule has 1 saturated carbocycles. The highest BCUT2D eigenvalue weighted by Crippen LogP contribution is 2.43. The van der Waals surface area contributed by atoms with Crippen molar-refractivity contribution in [1.29, 1.82) is 0 Å². The Labute approximate surface area is 207 Å². The number of ether oxygens (including phenoxy) is 1. The lowest BCUT2D eigenvalue weighted by Crippen LogP contribution is -2.40. The molecule has 35 heavy (non-hydrogen) atoms. The van der Waals surface area contributed by atoms with E-state index in [0.29, 0.717) is 18.4 Å². The summed E-state index contributed by atoms with van der Waals surface area (Å²) in [7, 11) is -3.01. The van der Waals surface area contributed by atoms with Gasteiger partial charge in [-0.15, -0.1) is 0 Å². The topological polar surface area (TPSA) is 92.7 Å². The van der Waals surface area contributed by atoms with E-state index in [2.05, 4.69) is 4.72 Å². The van der Waals surface area contributed by atoms with Gasteiger partial charge in [0.2, 0.25) is 10.0 Å². The van der Waals surface area contributed by atoms with Crippen LogP contribution in [-0.2, 0) is 19.6 Å². The van der Waals surface area contributed by atoms with E-state index in [4.69, 9.17) is 4.74 Å². The second-order valence-electron chi connectivity index (χ2n) is 9.00. The highest BCUT2D eigenvalue weighted by atomic mass is 32.2. The number of hydrogen-bond acceptors (Lipinski definition) is 5. The number of benzene rings is 2. The summed E-state index contributed by atoms with van der Waals surface area (Å²) in [6.45, 7) is 3.93. The molecule has 190 valence electrons. The number of aliphatic hydroxyl groups excluding tert-OH is 1. The molecule has 2 aromatic rings. The number of aliphatic hydroxyl groups is 1. The third-order valence-corrected chi connectivity index (χ3v) is 7.53. The van der Waals surface area contributed by atoms with E-state index in [1.165, 1.54) is 32.4 Å². The lowest BCUT2D eigenvalue weighted by molar-refractivity contribution is -0.157. The fourth-order valence-corrected chi connectivity index (χ4v) is 5.53. The Balaban J connectivity index is 0.00000106. The van der Waals surface area contributed by atoms with Gasteiger partial charge in [-0.05, 0) is 37.6 Å². The molecule has 2 aromatic carbocycles. The number of nitrogens with one attached hydrogen (secondary N) is 1. The molecule has 0 aromatic heterocycles. The Bertz CT molecular complexity index is 1180. The van der Waals surface area contributed by atoms with Crippen LogP contribution < -0.4 is 4.72 Å².